The third-order valence-corrected chi connectivity index (χ3v) is 7.03. The number of ether oxygens (including phenoxy) is 2. The molecule has 1 saturated heterocycles. The van der Waals surface area contributed by atoms with Crippen molar-refractivity contribution in [3.8, 4) is 11.5 Å². The summed E-state index contributed by atoms with van der Waals surface area (Å²) in [5.41, 5.74) is 2.21. The molecule has 5 rings (SSSR count). The van der Waals surface area contributed by atoms with Crippen molar-refractivity contribution < 1.29 is 19.2 Å². The number of aromatic nitrogens is 1. The summed E-state index contributed by atoms with van der Waals surface area (Å²) in [7, 11) is 2.07. The molecule has 0 saturated carbocycles. The quantitative estimate of drug-likeness (QED) is 0.684. The molecule has 2 aromatic carbocycles. The molecule has 6 nitrogen and oxygen atoms in total. The molecule has 30 heavy (non-hydrogen) atoms. The number of carbonyl (C=O) groups is 1. The van der Waals surface area contributed by atoms with Crippen molar-refractivity contribution in [3.05, 3.63) is 53.0 Å². The van der Waals surface area contributed by atoms with Crippen molar-refractivity contribution in [2.24, 2.45) is 0 Å². The number of rotatable bonds is 5. The summed E-state index contributed by atoms with van der Waals surface area (Å²) >= 11 is 1.77. The van der Waals surface area contributed by atoms with Crippen LogP contribution in [0.25, 0.3) is 10.2 Å². The van der Waals surface area contributed by atoms with Crippen LogP contribution in [0.3, 0.4) is 0 Å². The Morgan fingerprint density at radius 1 is 1.23 bits per heavy atom. The highest BCUT2D eigenvalue weighted by molar-refractivity contribution is 7.18. The van der Waals surface area contributed by atoms with Gasteiger partial charge in [0.25, 0.3) is 5.91 Å². The van der Waals surface area contributed by atoms with E-state index in [0.29, 0.717) is 12.5 Å². The number of quaternary nitrogens is 1. The highest BCUT2D eigenvalue weighted by atomic mass is 32.1. The zero-order valence-electron chi connectivity index (χ0n) is 17.1. The number of nitrogens with zero attached hydrogens (tertiary/aromatic N) is 2. The number of hydrogen-bond donors (Lipinski definition) is 1. The predicted molar refractivity (Wildman–Crippen MR) is 116 cm³/mol. The van der Waals surface area contributed by atoms with E-state index in [4.69, 9.17) is 14.5 Å². The molecule has 1 fully saturated rings. The third kappa shape index (κ3) is 4.00. The average molecular weight is 425 g/mol. The number of carbonyl (C=O) groups excluding carboxylic acids is 1. The van der Waals surface area contributed by atoms with E-state index in [2.05, 4.69) is 25.2 Å². The lowest BCUT2D eigenvalue weighted by atomic mass is 9.98. The van der Waals surface area contributed by atoms with E-state index in [9.17, 15) is 4.79 Å². The average Bonchev–Trinajstić information content (AvgIpc) is 3.40. The first-order chi connectivity index (χ1) is 14.7. The van der Waals surface area contributed by atoms with Gasteiger partial charge in [0.2, 0.25) is 6.79 Å². The zero-order valence-corrected chi connectivity index (χ0v) is 17.9. The Morgan fingerprint density at radius 2 is 2.10 bits per heavy atom. The fourth-order valence-corrected chi connectivity index (χ4v) is 5.39. The fraction of sp³-hybridized carbons (Fsp3) is 0.391. The van der Waals surface area contributed by atoms with Gasteiger partial charge in [-0.1, -0.05) is 12.1 Å². The number of fused-ring (bicyclic) bond motifs is 2. The lowest BCUT2D eigenvalue weighted by molar-refractivity contribution is -0.885. The first kappa shape index (κ1) is 19.3. The van der Waals surface area contributed by atoms with Gasteiger partial charge in [0, 0.05) is 24.6 Å². The van der Waals surface area contributed by atoms with Gasteiger partial charge in [-0.15, -0.1) is 11.3 Å². The van der Waals surface area contributed by atoms with Gasteiger partial charge in [0.05, 0.1) is 22.3 Å². The van der Waals surface area contributed by atoms with Crippen LogP contribution in [0.2, 0.25) is 0 Å². The van der Waals surface area contributed by atoms with E-state index in [1.54, 1.807) is 11.3 Å². The molecule has 1 unspecified atom stereocenters. The first-order valence-electron chi connectivity index (χ1n) is 10.5. The van der Waals surface area contributed by atoms with Crippen LogP contribution in [0.1, 0.15) is 29.3 Å². The minimum absolute atomic E-state index is 0.221. The topological polar surface area (TPSA) is 56.1 Å². The van der Waals surface area contributed by atoms with Crippen molar-refractivity contribution in [2.45, 2.75) is 25.3 Å². The van der Waals surface area contributed by atoms with Crippen LogP contribution < -0.4 is 14.4 Å². The zero-order chi connectivity index (χ0) is 20.5. The lowest BCUT2D eigenvalue weighted by Gasteiger charge is -2.32. The van der Waals surface area contributed by atoms with Gasteiger partial charge in [-0.3, -0.25) is 4.79 Å². The third-order valence-electron chi connectivity index (χ3n) is 5.83. The Hall–Kier alpha value is -2.64. The van der Waals surface area contributed by atoms with Crippen LogP contribution in [0.15, 0.2) is 42.5 Å². The molecule has 7 heteroatoms. The molecule has 0 radical (unpaired) electrons. The molecule has 2 aliphatic rings. The summed E-state index contributed by atoms with van der Waals surface area (Å²) in [5, 5.41) is 1.16. The highest BCUT2D eigenvalue weighted by Gasteiger charge is 2.28. The Morgan fingerprint density at radius 3 is 3.00 bits per heavy atom. The maximum atomic E-state index is 13.0. The maximum Gasteiger partial charge on any atom is 0.277 e. The van der Waals surface area contributed by atoms with Crippen molar-refractivity contribution in [3.63, 3.8) is 0 Å². The van der Waals surface area contributed by atoms with Crippen molar-refractivity contribution in [2.75, 3.05) is 33.5 Å². The molecule has 3 heterocycles. The molecule has 2 aliphatic heterocycles. The van der Waals surface area contributed by atoms with Gasteiger partial charge in [-0.25, -0.2) is 4.98 Å². The standard InChI is InChI=1S/C23H25N3O3S/c1-25(12-16-8-9-19-20(11-16)29-15-28-19)14-22(27)26-10-4-5-17(13-26)23-24-18-6-2-3-7-21(18)30-23/h2-3,6-9,11,17H,4-5,10,12-15H2,1H3/p+1/t17-/m1/s1. The van der Waals surface area contributed by atoms with Crippen LogP contribution in [-0.4, -0.2) is 49.3 Å². The molecular formula is C23H26N3O3S+. The lowest BCUT2D eigenvalue weighted by Crippen LogP contribution is -3.08. The molecule has 1 aromatic heterocycles. The van der Waals surface area contributed by atoms with Crippen LogP contribution in [0, 0.1) is 0 Å². The molecule has 0 aliphatic carbocycles. The minimum Gasteiger partial charge on any atom is -0.454 e. The largest absolute Gasteiger partial charge is 0.454 e. The van der Waals surface area contributed by atoms with Crippen molar-refractivity contribution in [1.82, 2.24) is 9.88 Å². The number of amides is 1. The summed E-state index contributed by atoms with van der Waals surface area (Å²) in [6.45, 7) is 3.16. The molecule has 0 spiro atoms. The van der Waals surface area contributed by atoms with E-state index in [1.165, 1.54) is 9.60 Å². The molecule has 2 atom stereocenters. The SMILES string of the molecule is C[NH+](CC(=O)N1CCC[C@@H](c2nc3ccccc3s2)C1)Cc1ccc2c(c1)OCO2. The first-order valence-corrected chi connectivity index (χ1v) is 11.3. The number of para-hydroxylation sites is 1. The van der Waals surface area contributed by atoms with E-state index >= 15 is 0 Å². The normalized spacial score (nSPS) is 19.2. The summed E-state index contributed by atoms with van der Waals surface area (Å²) < 4.78 is 12.1. The van der Waals surface area contributed by atoms with Gasteiger partial charge < -0.3 is 19.3 Å². The monoisotopic (exact) mass is 424 g/mol. The van der Waals surface area contributed by atoms with Gasteiger partial charge >= 0.3 is 0 Å². The summed E-state index contributed by atoms with van der Waals surface area (Å²) in [4.78, 5) is 21.0. The number of likely N-dealkylation sites (tertiary alicyclic amines) is 1. The van der Waals surface area contributed by atoms with E-state index in [-0.39, 0.29) is 12.7 Å². The van der Waals surface area contributed by atoms with Crippen molar-refractivity contribution in [1.29, 1.82) is 0 Å². The Balaban J connectivity index is 1.20. The minimum atomic E-state index is 0.221. The smallest absolute Gasteiger partial charge is 0.277 e. The second-order valence-corrected chi connectivity index (χ2v) is 9.26. The number of piperidine rings is 1. The number of benzene rings is 2. The van der Waals surface area contributed by atoms with Crippen molar-refractivity contribution >= 4 is 27.5 Å². The summed E-state index contributed by atoms with van der Waals surface area (Å²) in [5.74, 6) is 2.15. The molecular weight excluding hydrogens is 398 g/mol. The van der Waals surface area contributed by atoms with Gasteiger partial charge in [-0.2, -0.15) is 0 Å². The Kier molecular flexibility index (Phi) is 5.31. The van der Waals surface area contributed by atoms with Gasteiger partial charge in [0.15, 0.2) is 18.0 Å². The van der Waals surface area contributed by atoms with Crippen LogP contribution in [0.5, 0.6) is 11.5 Å². The van der Waals surface area contributed by atoms with Crippen LogP contribution in [-0.2, 0) is 11.3 Å². The Labute approximate surface area is 180 Å². The summed E-state index contributed by atoms with van der Waals surface area (Å²) in [6.07, 6.45) is 2.14. The Bertz CT molecular complexity index is 1030. The van der Waals surface area contributed by atoms with Gasteiger partial charge in [0.1, 0.15) is 6.54 Å². The number of thiazole rings is 1. The molecule has 1 N–H and O–H groups in total. The number of likely N-dealkylation sites (N-methyl/N-ethyl adjacent to an activating group) is 1. The molecule has 156 valence electrons. The van der Waals surface area contributed by atoms with Crippen LogP contribution in [0.4, 0.5) is 0 Å². The maximum absolute atomic E-state index is 13.0. The number of hydrogen-bond acceptors (Lipinski definition) is 5. The van der Waals surface area contributed by atoms with Gasteiger partial charge in [-0.05, 0) is 43.2 Å². The highest BCUT2D eigenvalue weighted by Crippen LogP contribution is 2.33. The van der Waals surface area contributed by atoms with E-state index in [1.807, 2.05) is 29.2 Å². The molecule has 0 bridgehead atoms. The predicted octanol–water partition coefficient (Wildman–Crippen LogP) is 2.45. The fourth-order valence-electron chi connectivity index (χ4n) is 4.30. The van der Waals surface area contributed by atoms with Crippen LogP contribution >= 0.6 is 11.3 Å². The second-order valence-electron chi connectivity index (χ2n) is 8.20. The molecule has 1 amide bonds. The summed E-state index contributed by atoms with van der Waals surface area (Å²) in [6, 6.07) is 14.3. The number of nitrogens with one attached hydrogen (secondary N) is 1. The second kappa shape index (κ2) is 8.24. The molecule has 3 aromatic rings. The van der Waals surface area contributed by atoms with E-state index in [0.717, 1.165) is 60.1 Å². The van der Waals surface area contributed by atoms with E-state index < -0.39 is 0 Å².